The molecule has 6 heteroatoms. The lowest BCUT2D eigenvalue weighted by molar-refractivity contribution is -0.135. The molecule has 2 amide bonds. The van der Waals surface area contributed by atoms with Crippen LogP contribution in [0.5, 0.6) is 0 Å². The van der Waals surface area contributed by atoms with Gasteiger partial charge < -0.3 is 15.5 Å². The van der Waals surface area contributed by atoms with E-state index in [0.717, 1.165) is 63.8 Å². The van der Waals surface area contributed by atoms with Gasteiger partial charge in [0, 0.05) is 25.9 Å². The van der Waals surface area contributed by atoms with Crippen molar-refractivity contribution in [2.45, 2.75) is 51.0 Å². The summed E-state index contributed by atoms with van der Waals surface area (Å²) in [5.41, 5.74) is 1.09. The molecule has 1 aromatic rings. The van der Waals surface area contributed by atoms with E-state index in [4.69, 9.17) is 0 Å². The zero-order valence-corrected chi connectivity index (χ0v) is 16.8. The van der Waals surface area contributed by atoms with Gasteiger partial charge in [-0.05, 0) is 56.7 Å². The smallest absolute Gasteiger partial charge is 0.245 e. The van der Waals surface area contributed by atoms with Crippen LogP contribution in [0.4, 0.5) is 0 Å². The summed E-state index contributed by atoms with van der Waals surface area (Å²) >= 11 is 0. The third kappa shape index (κ3) is 6.82. The van der Waals surface area contributed by atoms with Crippen LogP contribution in [0.25, 0.3) is 0 Å². The Labute approximate surface area is 168 Å². The Kier molecular flexibility index (Phi) is 9.08. The molecular weight excluding hydrogens is 362 g/mol. The van der Waals surface area contributed by atoms with Crippen molar-refractivity contribution in [3.05, 3.63) is 35.9 Å². The molecule has 0 saturated carbocycles. The summed E-state index contributed by atoms with van der Waals surface area (Å²) in [5, 5.41) is 6.39. The van der Waals surface area contributed by atoms with Gasteiger partial charge in [-0.15, -0.1) is 12.4 Å². The van der Waals surface area contributed by atoms with Gasteiger partial charge in [0.05, 0.1) is 0 Å². The lowest BCUT2D eigenvalue weighted by Crippen LogP contribution is -2.49. The van der Waals surface area contributed by atoms with Gasteiger partial charge in [0.2, 0.25) is 11.8 Å². The minimum atomic E-state index is -0.448. The normalized spacial score (nSPS) is 18.6. The van der Waals surface area contributed by atoms with E-state index in [2.05, 4.69) is 10.6 Å². The quantitative estimate of drug-likeness (QED) is 0.748. The average Bonchev–Trinajstić information content (AvgIpc) is 3.22. The zero-order valence-electron chi connectivity index (χ0n) is 16.0. The second-order valence-electron chi connectivity index (χ2n) is 7.57. The van der Waals surface area contributed by atoms with Crippen molar-refractivity contribution < 1.29 is 9.59 Å². The number of piperidine rings is 1. The molecule has 3 rings (SSSR count). The Morgan fingerprint density at radius 3 is 2.44 bits per heavy atom. The minimum absolute atomic E-state index is 0. The fourth-order valence-electron chi connectivity index (χ4n) is 3.98. The van der Waals surface area contributed by atoms with Crippen molar-refractivity contribution in [3.8, 4) is 0 Å². The monoisotopic (exact) mass is 393 g/mol. The Balaban J connectivity index is 0.00000261. The van der Waals surface area contributed by atoms with Crippen molar-refractivity contribution in [2.75, 3.05) is 26.2 Å². The van der Waals surface area contributed by atoms with Crippen LogP contribution < -0.4 is 10.6 Å². The highest BCUT2D eigenvalue weighted by molar-refractivity contribution is 5.88. The van der Waals surface area contributed by atoms with E-state index in [0.29, 0.717) is 18.8 Å². The predicted molar refractivity (Wildman–Crippen MR) is 110 cm³/mol. The average molecular weight is 394 g/mol. The fraction of sp³-hybridized carbons (Fsp3) is 0.619. The molecule has 1 atom stereocenters. The largest absolute Gasteiger partial charge is 0.344 e. The second-order valence-corrected chi connectivity index (χ2v) is 7.57. The van der Waals surface area contributed by atoms with Crippen LogP contribution in [-0.4, -0.2) is 48.9 Å². The first-order valence-electron chi connectivity index (χ1n) is 10.0. The molecule has 2 saturated heterocycles. The molecule has 0 radical (unpaired) electrons. The number of carbonyl (C=O) groups is 2. The lowest BCUT2D eigenvalue weighted by Gasteiger charge is -2.25. The summed E-state index contributed by atoms with van der Waals surface area (Å²) in [5.74, 6) is 0.711. The summed E-state index contributed by atoms with van der Waals surface area (Å²) in [6.45, 7) is 3.73. The molecule has 2 heterocycles. The first kappa shape index (κ1) is 21.7. The first-order valence-corrected chi connectivity index (χ1v) is 10.0. The number of likely N-dealkylation sites (tertiary alicyclic amines) is 1. The number of halogens is 1. The summed E-state index contributed by atoms with van der Waals surface area (Å²) < 4.78 is 0. The van der Waals surface area contributed by atoms with Gasteiger partial charge in [0.15, 0.2) is 0 Å². The van der Waals surface area contributed by atoms with Crippen molar-refractivity contribution in [2.24, 2.45) is 5.92 Å². The Morgan fingerprint density at radius 2 is 1.78 bits per heavy atom. The highest BCUT2D eigenvalue weighted by atomic mass is 35.5. The molecule has 5 nitrogen and oxygen atoms in total. The third-order valence-electron chi connectivity index (χ3n) is 5.57. The molecule has 2 fully saturated rings. The van der Waals surface area contributed by atoms with E-state index in [-0.39, 0.29) is 24.2 Å². The molecule has 0 aromatic heterocycles. The second kappa shape index (κ2) is 11.3. The van der Waals surface area contributed by atoms with Crippen LogP contribution in [0.1, 0.15) is 44.1 Å². The lowest BCUT2D eigenvalue weighted by atomic mass is 9.93. The number of hydrogen-bond donors (Lipinski definition) is 2. The van der Waals surface area contributed by atoms with Crippen LogP contribution in [-0.2, 0) is 16.0 Å². The van der Waals surface area contributed by atoms with Crippen molar-refractivity contribution in [1.29, 1.82) is 0 Å². The molecule has 2 aliphatic rings. The van der Waals surface area contributed by atoms with E-state index >= 15 is 0 Å². The number of rotatable bonds is 7. The van der Waals surface area contributed by atoms with E-state index < -0.39 is 6.04 Å². The Morgan fingerprint density at radius 1 is 1.11 bits per heavy atom. The maximum absolute atomic E-state index is 12.9. The van der Waals surface area contributed by atoms with Crippen LogP contribution in [0.3, 0.4) is 0 Å². The molecular formula is C21H32ClN3O2. The number of nitrogens with zero attached hydrogens (tertiary/aromatic N) is 1. The number of carbonyl (C=O) groups excluding carboxylic acids is 2. The maximum atomic E-state index is 12.9. The summed E-state index contributed by atoms with van der Waals surface area (Å²) in [6, 6.07) is 9.52. The molecule has 150 valence electrons. The summed E-state index contributed by atoms with van der Waals surface area (Å²) in [6.07, 6.45) is 6.42. The van der Waals surface area contributed by atoms with Gasteiger partial charge in [0.1, 0.15) is 6.04 Å². The molecule has 1 unspecified atom stereocenters. The first-order chi connectivity index (χ1) is 12.7. The fourth-order valence-corrected chi connectivity index (χ4v) is 3.98. The molecule has 1 aromatic carbocycles. The highest BCUT2D eigenvalue weighted by Gasteiger charge is 2.28. The van der Waals surface area contributed by atoms with Gasteiger partial charge in [0.25, 0.3) is 0 Å². The zero-order chi connectivity index (χ0) is 18.2. The van der Waals surface area contributed by atoms with Crippen molar-refractivity contribution in [1.82, 2.24) is 15.5 Å². The van der Waals surface area contributed by atoms with E-state index in [1.54, 1.807) is 0 Å². The van der Waals surface area contributed by atoms with Crippen molar-refractivity contribution in [3.63, 3.8) is 0 Å². The molecule has 2 aliphatic heterocycles. The minimum Gasteiger partial charge on any atom is -0.344 e. The molecule has 0 bridgehead atoms. The van der Waals surface area contributed by atoms with Crippen LogP contribution in [0.2, 0.25) is 0 Å². The van der Waals surface area contributed by atoms with Gasteiger partial charge in [-0.25, -0.2) is 0 Å². The summed E-state index contributed by atoms with van der Waals surface area (Å²) in [7, 11) is 0. The van der Waals surface area contributed by atoms with Crippen LogP contribution >= 0.6 is 12.4 Å². The molecule has 27 heavy (non-hydrogen) atoms. The van der Waals surface area contributed by atoms with Gasteiger partial charge >= 0.3 is 0 Å². The van der Waals surface area contributed by atoms with Gasteiger partial charge in [-0.3, -0.25) is 9.59 Å². The third-order valence-corrected chi connectivity index (χ3v) is 5.57. The Bertz CT molecular complexity index is 584. The number of hydrogen-bond acceptors (Lipinski definition) is 3. The topological polar surface area (TPSA) is 61.4 Å². The van der Waals surface area contributed by atoms with Gasteiger partial charge in [-0.2, -0.15) is 0 Å². The van der Waals surface area contributed by atoms with E-state index in [1.165, 1.54) is 0 Å². The molecule has 2 N–H and O–H groups in total. The Hall–Kier alpha value is -1.59. The van der Waals surface area contributed by atoms with Crippen LogP contribution in [0.15, 0.2) is 30.3 Å². The molecule has 0 aliphatic carbocycles. The van der Waals surface area contributed by atoms with E-state index in [1.807, 2.05) is 35.2 Å². The highest BCUT2D eigenvalue weighted by Crippen LogP contribution is 2.18. The SMILES string of the molecule is Cl.O=C(CCC1CCNCC1)NC(Cc1ccccc1)C(=O)N1CCCC1. The van der Waals surface area contributed by atoms with Crippen LogP contribution in [0, 0.1) is 5.92 Å². The maximum Gasteiger partial charge on any atom is 0.245 e. The van der Waals surface area contributed by atoms with Crippen molar-refractivity contribution >= 4 is 24.2 Å². The van der Waals surface area contributed by atoms with Gasteiger partial charge in [-0.1, -0.05) is 30.3 Å². The number of amides is 2. The molecule has 0 spiro atoms. The predicted octanol–water partition coefficient (Wildman–Crippen LogP) is 2.54. The summed E-state index contributed by atoms with van der Waals surface area (Å²) in [4.78, 5) is 27.3. The van der Waals surface area contributed by atoms with E-state index in [9.17, 15) is 9.59 Å². The number of benzene rings is 1. The number of nitrogens with one attached hydrogen (secondary N) is 2. The standard InChI is InChI=1S/C21H31N3O2.ClH/c25-20(9-8-17-10-12-22-13-11-17)23-19(16-18-6-2-1-3-7-18)21(26)24-14-4-5-15-24;/h1-3,6-7,17,19,22H,4-5,8-16H2,(H,23,25);1H.